The van der Waals surface area contributed by atoms with Crippen molar-refractivity contribution in [1.29, 1.82) is 0 Å². The minimum atomic E-state index is -0.975. The number of aryl methyl sites for hydroxylation is 3. The molecule has 1 aliphatic rings. The topological polar surface area (TPSA) is 59.0 Å². The highest BCUT2D eigenvalue weighted by Crippen LogP contribution is 2.29. The SMILES string of the molecule is C[n+]1cc2c(n1C(=O)O)-c1ncccc1CCC2. The van der Waals surface area contributed by atoms with Crippen molar-refractivity contribution in [2.45, 2.75) is 19.3 Å². The van der Waals surface area contributed by atoms with Crippen LogP contribution in [0.15, 0.2) is 24.5 Å². The van der Waals surface area contributed by atoms with Gasteiger partial charge in [0, 0.05) is 6.20 Å². The van der Waals surface area contributed by atoms with E-state index < -0.39 is 6.09 Å². The number of carboxylic acid groups (broad SMARTS) is 1. The van der Waals surface area contributed by atoms with Crippen molar-refractivity contribution in [3.8, 4) is 11.4 Å². The molecule has 3 rings (SSSR count). The summed E-state index contributed by atoms with van der Waals surface area (Å²) in [6, 6.07) is 3.93. The second kappa shape index (κ2) is 3.94. The fraction of sp³-hybridized carbons (Fsp3) is 0.308. The summed E-state index contributed by atoms with van der Waals surface area (Å²) in [6.07, 6.45) is 5.48. The van der Waals surface area contributed by atoms with Gasteiger partial charge in [0.1, 0.15) is 5.69 Å². The van der Waals surface area contributed by atoms with E-state index in [1.807, 2.05) is 18.3 Å². The highest BCUT2D eigenvalue weighted by molar-refractivity contribution is 5.76. The molecule has 0 aliphatic heterocycles. The first-order valence-corrected chi connectivity index (χ1v) is 5.96. The monoisotopic (exact) mass is 244 g/mol. The van der Waals surface area contributed by atoms with Crippen LogP contribution in [-0.2, 0) is 19.9 Å². The number of pyridine rings is 1. The average Bonchev–Trinajstić information content (AvgIpc) is 2.56. The van der Waals surface area contributed by atoms with Crippen LogP contribution in [0, 0.1) is 0 Å². The molecule has 5 nitrogen and oxygen atoms in total. The molecule has 2 aromatic heterocycles. The zero-order valence-corrected chi connectivity index (χ0v) is 10.1. The lowest BCUT2D eigenvalue weighted by atomic mass is 10.1. The van der Waals surface area contributed by atoms with Gasteiger partial charge in [0.15, 0.2) is 13.2 Å². The van der Waals surface area contributed by atoms with Gasteiger partial charge in [-0.15, -0.1) is 4.68 Å². The lowest BCUT2D eigenvalue weighted by Crippen LogP contribution is -2.42. The molecule has 0 fully saturated rings. The van der Waals surface area contributed by atoms with Gasteiger partial charge in [-0.2, -0.15) is 0 Å². The van der Waals surface area contributed by atoms with Crippen molar-refractivity contribution in [3.05, 3.63) is 35.7 Å². The molecule has 2 heterocycles. The number of hydrogen-bond acceptors (Lipinski definition) is 2. The molecule has 18 heavy (non-hydrogen) atoms. The predicted molar refractivity (Wildman–Crippen MR) is 64.3 cm³/mol. The maximum atomic E-state index is 11.4. The Balaban J connectivity index is 2.34. The maximum absolute atomic E-state index is 11.4. The summed E-state index contributed by atoms with van der Waals surface area (Å²) in [6.45, 7) is 0. The first kappa shape index (κ1) is 11.0. The van der Waals surface area contributed by atoms with E-state index >= 15 is 0 Å². The lowest BCUT2D eigenvalue weighted by molar-refractivity contribution is -0.742. The maximum Gasteiger partial charge on any atom is 0.465 e. The summed E-state index contributed by atoms with van der Waals surface area (Å²) < 4.78 is 2.88. The molecule has 5 heteroatoms. The van der Waals surface area contributed by atoms with Crippen LogP contribution in [0.5, 0.6) is 0 Å². The van der Waals surface area contributed by atoms with Crippen molar-refractivity contribution in [2.24, 2.45) is 7.05 Å². The van der Waals surface area contributed by atoms with E-state index in [9.17, 15) is 9.90 Å². The van der Waals surface area contributed by atoms with Gasteiger partial charge in [0.05, 0.1) is 11.3 Å². The summed E-state index contributed by atoms with van der Waals surface area (Å²) in [5, 5.41) is 9.34. The van der Waals surface area contributed by atoms with E-state index in [-0.39, 0.29) is 0 Å². The molecule has 92 valence electrons. The zero-order valence-electron chi connectivity index (χ0n) is 10.1. The normalized spacial score (nSPS) is 13.6. The quantitative estimate of drug-likeness (QED) is 0.712. The Hall–Kier alpha value is -2.17. The summed E-state index contributed by atoms with van der Waals surface area (Å²) in [7, 11) is 1.74. The fourth-order valence-corrected chi connectivity index (χ4v) is 2.63. The van der Waals surface area contributed by atoms with Crippen molar-refractivity contribution < 1.29 is 14.6 Å². The number of aromatic nitrogens is 3. The smallest absolute Gasteiger partial charge is 0.461 e. The van der Waals surface area contributed by atoms with E-state index in [2.05, 4.69) is 4.98 Å². The molecule has 2 aromatic rings. The molecule has 1 N–H and O–H groups in total. The van der Waals surface area contributed by atoms with Crippen LogP contribution in [0.3, 0.4) is 0 Å². The molecule has 0 saturated carbocycles. The lowest BCUT2D eigenvalue weighted by Gasteiger charge is -2.04. The molecule has 1 aliphatic carbocycles. The highest BCUT2D eigenvalue weighted by atomic mass is 16.4. The van der Waals surface area contributed by atoms with Gasteiger partial charge in [0.2, 0.25) is 0 Å². The summed E-state index contributed by atoms with van der Waals surface area (Å²) >= 11 is 0. The third-order valence-corrected chi connectivity index (χ3v) is 3.36. The molecular weight excluding hydrogens is 230 g/mol. The average molecular weight is 244 g/mol. The molecule has 0 atom stereocenters. The van der Waals surface area contributed by atoms with Crippen LogP contribution in [0.25, 0.3) is 11.4 Å². The van der Waals surface area contributed by atoms with E-state index in [0.717, 1.165) is 41.8 Å². The third kappa shape index (κ3) is 1.51. The third-order valence-electron chi connectivity index (χ3n) is 3.36. The van der Waals surface area contributed by atoms with Gasteiger partial charge >= 0.3 is 6.09 Å². The van der Waals surface area contributed by atoms with Crippen molar-refractivity contribution in [3.63, 3.8) is 0 Å². The second-order valence-electron chi connectivity index (χ2n) is 4.54. The minimum Gasteiger partial charge on any atom is -0.461 e. The Bertz CT molecular complexity index is 631. The zero-order chi connectivity index (χ0) is 12.7. The van der Waals surface area contributed by atoms with Gasteiger partial charge in [-0.05, 0) is 35.6 Å². The summed E-state index contributed by atoms with van der Waals surface area (Å²) in [4.78, 5) is 15.8. The van der Waals surface area contributed by atoms with Crippen LogP contribution < -0.4 is 4.68 Å². The second-order valence-corrected chi connectivity index (χ2v) is 4.54. The highest BCUT2D eigenvalue weighted by Gasteiger charge is 2.29. The Morgan fingerprint density at radius 2 is 2.22 bits per heavy atom. The van der Waals surface area contributed by atoms with Crippen LogP contribution in [0.4, 0.5) is 4.79 Å². The molecule has 0 radical (unpaired) electrons. The number of fused-ring (bicyclic) bond motifs is 3. The molecule has 0 aromatic carbocycles. The van der Waals surface area contributed by atoms with Crippen LogP contribution in [0.2, 0.25) is 0 Å². The Kier molecular flexibility index (Phi) is 2.40. The summed E-state index contributed by atoms with van der Waals surface area (Å²) in [5.41, 5.74) is 3.70. The molecule has 0 spiro atoms. The molecule has 0 unspecified atom stereocenters. The van der Waals surface area contributed by atoms with Gasteiger partial charge in [-0.1, -0.05) is 6.07 Å². The Morgan fingerprint density at radius 1 is 1.44 bits per heavy atom. The van der Waals surface area contributed by atoms with Crippen LogP contribution >= 0.6 is 0 Å². The van der Waals surface area contributed by atoms with Gasteiger partial charge in [-0.25, -0.2) is 4.79 Å². The first-order chi connectivity index (χ1) is 8.68. The summed E-state index contributed by atoms with van der Waals surface area (Å²) in [5.74, 6) is 0. The van der Waals surface area contributed by atoms with Gasteiger partial charge in [-0.3, -0.25) is 4.98 Å². The molecule has 0 bridgehead atoms. The van der Waals surface area contributed by atoms with Crippen LogP contribution in [-0.4, -0.2) is 20.9 Å². The molecule has 0 saturated heterocycles. The first-order valence-electron chi connectivity index (χ1n) is 5.96. The molecule has 0 amide bonds. The predicted octanol–water partition coefficient (Wildman–Crippen LogP) is 1.39. The van der Waals surface area contributed by atoms with E-state index in [4.69, 9.17) is 0 Å². The van der Waals surface area contributed by atoms with Crippen molar-refractivity contribution >= 4 is 6.09 Å². The number of nitrogens with zero attached hydrogens (tertiary/aromatic N) is 3. The van der Waals surface area contributed by atoms with Crippen molar-refractivity contribution in [2.75, 3.05) is 0 Å². The Labute approximate surface area is 104 Å². The largest absolute Gasteiger partial charge is 0.465 e. The van der Waals surface area contributed by atoms with Gasteiger partial charge < -0.3 is 5.11 Å². The number of hydrogen-bond donors (Lipinski definition) is 1. The number of carbonyl (C=O) groups is 1. The van der Waals surface area contributed by atoms with Gasteiger partial charge in [0.25, 0.3) is 0 Å². The fourth-order valence-electron chi connectivity index (χ4n) is 2.63. The van der Waals surface area contributed by atoms with E-state index in [0.29, 0.717) is 0 Å². The minimum absolute atomic E-state index is 0.720. The van der Waals surface area contributed by atoms with E-state index in [1.165, 1.54) is 4.68 Å². The number of rotatable bonds is 0. The standard InChI is InChI=1S/C13H13N3O2/c1-15-8-10-5-2-4-9-6-3-7-14-11(9)12(10)16(15)13(17)18/h3,6-8H,2,4-5H2,1H3/p+1. The molecular formula is C13H14N3O2+. The van der Waals surface area contributed by atoms with Crippen LogP contribution in [0.1, 0.15) is 17.5 Å². The van der Waals surface area contributed by atoms with E-state index in [1.54, 1.807) is 17.9 Å². The Morgan fingerprint density at radius 3 is 3.00 bits per heavy atom. The van der Waals surface area contributed by atoms with Crippen molar-refractivity contribution in [1.82, 2.24) is 9.67 Å².